The standard InChI is InChI=1S/C22H36N2OS/c1-4-7-8-9-12-17-15-18(5-2)21(19(6-3)16-17)24(26)22(25)23-20-13-10-11-14-20/h15-16,20,26H,4-14H2,1-3H3,(H,23,25). The second-order valence-electron chi connectivity index (χ2n) is 7.52. The lowest BCUT2D eigenvalue weighted by Gasteiger charge is -2.25. The number of urea groups is 1. The van der Waals surface area contributed by atoms with Gasteiger partial charge in [-0.15, -0.1) is 0 Å². The fraction of sp³-hybridized carbons (Fsp3) is 0.682. The molecular weight excluding hydrogens is 340 g/mol. The quantitative estimate of drug-likeness (QED) is 0.388. The summed E-state index contributed by atoms with van der Waals surface area (Å²) in [6, 6.07) is 4.80. The molecule has 0 radical (unpaired) electrons. The van der Waals surface area contributed by atoms with Crippen molar-refractivity contribution in [3.05, 3.63) is 28.8 Å². The third-order valence-corrected chi connectivity index (χ3v) is 5.88. The van der Waals surface area contributed by atoms with Crippen LogP contribution in [0, 0.1) is 0 Å². The van der Waals surface area contributed by atoms with Crippen LogP contribution in [0.5, 0.6) is 0 Å². The van der Waals surface area contributed by atoms with Crippen LogP contribution >= 0.6 is 12.8 Å². The van der Waals surface area contributed by atoms with Crippen LogP contribution in [0.25, 0.3) is 0 Å². The minimum Gasteiger partial charge on any atom is -0.334 e. The van der Waals surface area contributed by atoms with Gasteiger partial charge in [-0.1, -0.05) is 77.8 Å². The molecule has 1 saturated carbocycles. The van der Waals surface area contributed by atoms with E-state index in [1.54, 1.807) is 4.31 Å². The average molecular weight is 377 g/mol. The Morgan fingerprint density at radius 3 is 2.23 bits per heavy atom. The second kappa shape index (κ2) is 10.9. The number of unbranched alkanes of at least 4 members (excludes halogenated alkanes) is 3. The number of rotatable bonds is 9. The van der Waals surface area contributed by atoms with E-state index in [-0.39, 0.29) is 6.03 Å². The number of carbonyl (C=O) groups excluding carboxylic acids is 1. The predicted molar refractivity (Wildman–Crippen MR) is 115 cm³/mol. The van der Waals surface area contributed by atoms with E-state index in [9.17, 15) is 4.79 Å². The molecule has 0 bridgehead atoms. The number of hydrogen-bond acceptors (Lipinski definition) is 2. The largest absolute Gasteiger partial charge is 0.334 e. The van der Waals surface area contributed by atoms with Crippen molar-refractivity contribution in [3.8, 4) is 0 Å². The van der Waals surface area contributed by atoms with Gasteiger partial charge in [0, 0.05) is 6.04 Å². The summed E-state index contributed by atoms with van der Waals surface area (Å²) in [6.07, 6.45) is 12.7. The number of anilines is 1. The van der Waals surface area contributed by atoms with Gasteiger partial charge in [-0.05, 0) is 55.2 Å². The first-order chi connectivity index (χ1) is 12.6. The van der Waals surface area contributed by atoms with Gasteiger partial charge in [0.05, 0.1) is 5.69 Å². The average Bonchev–Trinajstić information content (AvgIpc) is 3.16. The number of nitrogens with zero attached hydrogens (tertiary/aromatic N) is 1. The van der Waals surface area contributed by atoms with Gasteiger partial charge in [-0.25, -0.2) is 9.10 Å². The predicted octanol–water partition coefficient (Wildman–Crippen LogP) is 6.24. The van der Waals surface area contributed by atoms with Crippen molar-refractivity contribution in [1.82, 2.24) is 5.32 Å². The Labute approximate surface area is 165 Å². The fourth-order valence-electron chi connectivity index (χ4n) is 3.95. The van der Waals surface area contributed by atoms with Gasteiger partial charge in [-0.3, -0.25) is 0 Å². The molecule has 0 aliphatic heterocycles. The summed E-state index contributed by atoms with van der Waals surface area (Å²) in [6.45, 7) is 6.57. The summed E-state index contributed by atoms with van der Waals surface area (Å²) in [5, 5.41) is 3.15. The van der Waals surface area contributed by atoms with E-state index in [0.717, 1.165) is 37.8 Å². The van der Waals surface area contributed by atoms with Crippen molar-refractivity contribution in [1.29, 1.82) is 0 Å². The number of aryl methyl sites for hydroxylation is 3. The molecular formula is C22H36N2OS. The van der Waals surface area contributed by atoms with E-state index < -0.39 is 0 Å². The molecule has 0 aromatic heterocycles. The van der Waals surface area contributed by atoms with Gasteiger partial charge < -0.3 is 5.32 Å². The Bertz CT molecular complexity index is 557. The Hall–Kier alpha value is -1.16. The smallest absolute Gasteiger partial charge is 0.332 e. The molecule has 0 saturated heterocycles. The van der Waals surface area contributed by atoms with Crippen LogP contribution in [0.15, 0.2) is 12.1 Å². The van der Waals surface area contributed by atoms with E-state index in [0.29, 0.717) is 6.04 Å². The highest BCUT2D eigenvalue weighted by Crippen LogP contribution is 2.31. The first-order valence-corrected chi connectivity index (χ1v) is 10.9. The van der Waals surface area contributed by atoms with Crippen LogP contribution in [-0.4, -0.2) is 12.1 Å². The number of carbonyl (C=O) groups is 1. The lowest BCUT2D eigenvalue weighted by molar-refractivity contribution is 0.246. The molecule has 0 atom stereocenters. The zero-order valence-corrected chi connectivity index (χ0v) is 17.7. The summed E-state index contributed by atoms with van der Waals surface area (Å²) < 4.78 is 1.55. The van der Waals surface area contributed by atoms with Gasteiger partial charge >= 0.3 is 6.03 Å². The lowest BCUT2D eigenvalue weighted by Crippen LogP contribution is -2.40. The molecule has 0 spiro atoms. The van der Waals surface area contributed by atoms with Crippen LogP contribution in [0.4, 0.5) is 10.5 Å². The minimum atomic E-state index is -0.0830. The molecule has 0 heterocycles. The third kappa shape index (κ3) is 5.67. The Balaban J connectivity index is 2.15. The summed E-state index contributed by atoms with van der Waals surface area (Å²) in [7, 11) is 0. The Morgan fingerprint density at radius 1 is 1.08 bits per heavy atom. The van der Waals surface area contributed by atoms with Crippen LogP contribution in [0.1, 0.15) is 88.8 Å². The molecule has 2 amide bonds. The lowest BCUT2D eigenvalue weighted by atomic mass is 9.96. The van der Waals surface area contributed by atoms with Crippen molar-refractivity contribution >= 4 is 24.5 Å². The molecule has 1 fully saturated rings. The van der Waals surface area contributed by atoms with Crippen LogP contribution in [0.2, 0.25) is 0 Å². The van der Waals surface area contributed by atoms with Crippen LogP contribution in [-0.2, 0) is 19.3 Å². The Kier molecular flexibility index (Phi) is 8.83. The molecule has 4 heteroatoms. The van der Waals surface area contributed by atoms with Crippen molar-refractivity contribution in [2.45, 2.75) is 97.4 Å². The maximum absolute atomic E-state index is 12.7. The van der Waals surface area contributed by atoms with Crippen molar-refractivity contribution in [3.63, 3.8) is 0 Å². The molecule has 3 nitrogen and oxygen atoms in total. The fourth-order valence-corrected chi connectivity index (χ4v) is 4.27. The van der Waals surface area contributed by atoms with E-state index in [1.165, 1.54) is 55.2 Å². The van der Waals surface area contributed by atoms with Crippen LogP contribution in [0.3, 0.4) is 0 Å². The van der Waals surface area contributed by atoms with Crippen molar-refractivity contribution < 1.29 is 4.79 Å². The van der Waals surface area contributed by atoms with E-state index in [2.05, 4.69) is 51.0 Å². The monoisotopic (exact) mass is 376 g/mol. The third-order valence-electron chi connectivity index (χ3n) is 5.50. The molecule has 1 aliphatic rings. The Morgan fingerprint density at radius 2 is 1.69 bits per heavy atom. The summed E-state index contributed by atoms with van der Waals surface area (Å²) in [5.74, 6) is 0. The number of nitrogens with one attached hydrogen (secondary N) is 1. The first-order valence-electron chi connectivity index (χ1n) is 10.5. The molecule has 1 N–H and O–H groups in total. The van der Waals surface area contributed by atoms with Crippen LogP contribution < -0.4 is 9.62 Å². The summed E-state index contributed by atoms with van der Waals surface area (Å²) in [4.78, 5) is 12.7. The topological polar surface area (TPSA) is 32.3 Å². The van der Waals surface area contributed by atoms with E-state index in [4.69, 9.17) is 0 Å². The SMILES string of the molecule is CCCCCCc1cc(CC)c(N(S)C(=O)NC2CCCC2)c(CC)c1. The maximum Gasteiger partial charge on any atom is 0.332 e. The number of amides is 2. The van der Waals surface area contributed by atoms with Gasteiger partial charge in [0.15, 0.2) is 0 Å². The van der Waals surface area contributed by atoms with Gasteiger partial charge in [-0.2, -0.15) is 0 Å². The highest BCUT2D eigenvalue weighted by molar-refractivity contribution is 7.82. The minimum absolute atomic E-state index is 0.0830. The van der Waals surface area contributed by atoms with Crippen molar-refractivity contribution in [2.75, 3.05) is 4.31 Å². The normalized spacial score (nSPS) is 14.6. The van der Waals surface area contributed by atoms with Gasteiger partial charge in [0.2, 0.25) is 0 Å². The zero-order valence-electron chi connectivity index (χ0n) is 16.8. The number of thiol groups is 1. The van der Waals surface area contributed by atoms with Crippen molar-refractivity contribution in [2.24, 2.45) is 0 Å². The molecule has 0 unspecified atom stereocenters. The van der Waals surface area contributed by atoms with Gasteiger partial charge in [0.25, 0.3) is 0 Å². The number of hydrogen-bond donors (Lipinski definition) is 2. The number of benzene rings is 1. The van der Waals surface area contributed by atoms with E-state index in [1.807, 2.05) is 0 Å². The molecule has 26 heavy (non-hydrogen) atoms. The highest BCUT2D eigenvalue weighted by atomic mass is 32.1. The molecule has 2 rings (SSSR count). The first kappa shape index (κ1) is 21.1. The molecule has 146 valence electrons. The zero-order chi connectivity index (χ0) is 18.9. The maximum atomic E-state index is 12.7. The van der Waals surface area contributed by atoms with Gasteiger partial charge in [0.1, 0.15) is 0 Å². The molecule has 1 aromatic carbocycles. The summed E-state index contributed by atoms with van der Waals surface area (Å²) >= 11 is 4.59. The highest BCUT2D eigenvalue weighted by Gasteiger charge is 2.23. The second-order valence-corrected chi connectivity index (χ2v) is 7.92. The summed E-state index contributed by atoms with van der Waals surface area (Å²) in [5.41, 5.74) is 4.85. The molecule has 1 aliphatic carbocycles. The van der Waals surface area contributed by atoms with E-state index >= 15 is 0 Å². The molecule has 1 aromatic rings.